The summed E-state index contributed by atoms with van der Waals surface area (Å²) in [5.74, 6) is -0.298. The molecule has 1 rings (SSSR count). The molecular weight excluding hydrogens is 277 g/mol. The van der Waals surface area contributed by atoms with E-state index in [0.29, 0.717) is 25.9 Å². The second-order valence-electron chi connectivity index (χ2n) is 3.69. The Balaban J connectivity index is 2.67. The fourth-order valence-electron chi connectivity index (χ4n) is 1.32. The van der Waals surface area contributed by atoms with Crippen molar-refractivity contribution in [1.29, 1.82) is 0 Å². The number of rotatable bonds is 8. The van der Waals surface area contributed by atoms with Crippen LogP contribution in [0.3, 0.4) is 0 Å². The molecule has 0 bridgehead atoms. The SMILES string of the molecule is CCNc1nc(OCCOCCN)ncc1C(F)(F)F. The van der Waals surface area contributed by atoms with Crippen molar-refractivity contribution < 1.29 is 22.6 Å². The fraction of sp³-hybridized carbons (Fsp3) is 0.636. The van der Waals surface area contributed by atoms with Gasteiger partial charge in [-0.3, -0.25) is 0 Å². The lowest BCUT2D eigenvalue weighted by atomic mass is 10.3. The van der Waals surface area contributed by atoms with Gasteiger partial charge in [0.2, 0.25) is 0 Å². The molecule has 0 saturated carbocycles. The normalized spacial score (nSPS) is 11.4. The first kappa shape index (κ1) is 16.4. The van der Waals surface area contributed by atoms with Gasteiger partial charge in [0.15, 0.2) is 0 Å². The number of hydrogen-bond acceptors (Lipinski definition) is 6. The Morgan fingerprint density at radius 1 is 1.30 bits per heavy atom. The number of alkyl halides is 3. The van der Waals surface area contributed by atoms with E-state index in [9.17, 15) is 13.2 Å². The molecule has 0 aromatic carbocycles. The van der Waals surface area contributed by atoms with Crippen LogP contribution in [0.1, 0.15) is 12.5 Å². The van der Waals surface area contributed by atoms with Gasteiger partial charge in [-0.15, -0.1) is 0 Å². The summed E-state index contributed by atoms with van der Waals surface area (Å²) in [6, 6.07) is -0.134. The summed E-state index contributed by atoms with van der Waals surface area (Å²) >= 11 is 0. The third-order valence-electron chi connectivity index (χ3n) is 2.14. The first-order valence-electron chi connectivity index (χ1n) is 6.07. The highest BCUT2D eigenvalue weighted by atomic mass is 19.4. The van der Waals surface area contributed by atoms with Crippen LogP contribution in [0, 0.1) is 0 Å². The molecule has 0 aliphatic rings. The van der Waals surface area contributed by atoms with Crippen LogP contribution in [0.25, 0.3) is 0 Å². The second kappa shape index (κ2) is 7.85. The Kier molecular flexibility index (Phi) is 6.46. The molecule has 0 saturated heterocycles. The minimum absolute atomic E-state index is 0.134. The molecule has 0 spiro atoms. The van der Waals surface area contributed by atoms with Crippen molar-refractivity contribution in [1.82, 2.24) is 9.97 Å². The molecule has 1 aromatic rings. The van der Waals surface area contributed by atoms with E-state index in [1.54, 1.807) is 6.92 Å². The van der Waals surface area contributed by atoms with Gasteiger partial charge in [0, 0.05) is 19.3 Å². The first-order valence-corrected chi connectivity index (χ1v) is 6.07. The number of ether oxygens (including phenoxy) is 2. The van der Waals surface area contributed by atoms with Crippen molar-refractivity contribution in [2.75, 3.05) is 38.2 Å². The molecule has 9 heteroatoms. The number of hydrogen-bond donors (Lipinski definition) is 2. The van der Waals surface area contributed by atoms with Crippen LogP contribution >= 0.6 is 0 Å². The maximum absolute atomic E-state index is 12.7. The highest BCUT2D eigenvalue weighted by molar-refractivity contribution is 5.45. The monoisotopic (exact) mass is 294 g/mol. The average molecular weight is 294 g/mol. The molecule has 1 heterocycles. The molecule has 114 valence electrons. The van der Waals surface area contributed by atoms with Crippen molar-refractivity contribution in [2.45, 2.75) is 13.1 Å². The molecule has 0 aliphatic carbocycles. The van der Waals surface area contributed by atoms with Gasteiger partial charge < -0.3 is 20.5 Å². The Hall–Kier alpha value is -1.61. The van der Waals surface area contributed by atoms with Crippen molar-refractivity contribution in [3.05, 3.63) is 11.8 Å². The van der Waals surface area contributed by atoms with Crippen LogP contribution in [-0.4, -0.2) is 42.9 Å². The van der Waals surface area contributed by atoms with Crippen LogP contribution in [-0.2, 0) is 10.9 Å². The third-order valence-corrected chi connectivity index (χ3v) is 2.14. The molecule has 0 unspecified atom stereocenters. The summed E-state index contributed by atoms with van der Waals surface area (Å²) < 4.78 is 48.3. The number of nitrogens with zero attached hydrogens (tertiary/aromatic N) is 2. The Morgan fingerprint density at radius 2 is 2.05 bits per heavy atom. The zero-order valence-corrected chi connectivity index (χ0v) is 11.0. The van der Waals surface area contributed by atoms with E-state index in [-0.39, 0.29) is 25.0 Å². The van der Waals surface area contributed by atoms with Crippen LogP contribution < -0.4 is 15.8 Å². The van der Waals surface area contributed by atoms with Crippen LogP contribution in [0.15, 0.2) is 6.20 Å². The highest BCUT2D eigenvalue weighted by Crippen LogP contribution is 2.33. The zero-order valence-electron chi connectivity index (χ0n) is 11.0. The molecule has 1 aromatic heterocycles. The number of nitrogens with one attached hydrogen (secondary N) is 1. The summed E-state index contributed by atoms with van der Waals surface area (Å²) in [5.41, 5.74) is 4.30. The van der Waals surface area contributed by atoms with E-state index in [2.05, 4.69) is 15.3 Å². The standard InChI is InChI=1S/C11H17F3N4O2/c1-2-16-9-8(11(12,13)14)7-17-10(18-9)20-6-5-19-4-3-15/h7H,2-6,15H2,1H3,(H,16,17,18). The van der Waals surface area contributed by atoms with E-state index in [1.807, 2.05) is 0 Å². The van der Waals surface area contributed by atoms with E-state index >= 15 is 0 Å². The van der Waals surface area contributed by atoms with Crippen molar-refractivity contribution in [2.24, 2.45) is 5.73 Å². The maximum Gasteiger partial charge on any atom is 0.421 e. The van der Waals surface area contributed by atoms with Gasteiger partial charge in [-0.05, 0) is 6.92 Å². The first-order chi connectivity index (χ1) is 9.49. The molecule has 6 nitrogen and oxygen atoms in total. The zero-order chi connectivity index (χ0) is 15.0. The van der Waals surface area contributed by atoms with E-state index < -0.39 is 11.7 Å². The second-order valence-corrected chi connectivity index (χ2v) is 3.69. The van der Waals surface area contributed by atoms with Gasteiger partial charge in [-0.1, -0.05) is 0 Å². The topological polar surface area (TPSA) is 82.3 Å². The number of halogens is 3. The highest BCUT2D eigenvalue weighted by Gasteiger charge is 2.35. The summed E-state index contributed by atoms with van der Waals surface area (Å²) in [4.78, 5) is 7.23. The van der Waals surface area contributed by atoms with Crippen LogP contribution in [0.2, 0.25) is 0 Å². The lowest BCUT2D eigenvalue weighted by Crippen LogP contribution is -2.16. The van der Waals surface area contributed by atoms with Gasteiger partial charge in [-0.25, -0.2) is 4.98 Å². The van der Waals surface area contributed by atoms with Gasteiger partial charge in [0.05, 0.1) is 13.2 Å². The third kappa shape index (κ3) is 5.17. The molecule has 20 heavy (non-hydrogen) atoms. The predicted molar refractivity (Wildman–Crippen MR) is 66.6 cm³/mol. The van der Waals surface area contributed by atoms with Gasteiger partial charge in [0.25, 0.3) is 0 Å². The minimum Gasteiger partial charge on any atom is -0.461 e. The van der Waals surface area contributed by atoms with Crippen molar-refractivity contribution in [3.63, 3.8) is 0 Å². The van der Waals surface area contributed by atoms with Gasteiger partial charge in [0.1, 0.15) is 18.0 Å². The molecule has 0 amide bonds. The Morgan fingerprint density at radius 3 is 2.65 bits per heavy atom. The Bertz CT molecular complexity index is 415. The van der Waals surface area contributed by atoms with E-state index in [1.165, 1.54) is 0 Å². The average Bonchev–Trinajstić information content (AvgIpc) is 2.38. The fourth-order valence-corrected chi connectivity index (χ4v) is 1.32. The summed E-state index contributed by atoms with van der Waals surface area (Å²) in [6.45, 7) is 3.15. The predicted octanol–water partition coefficient (Wildman–Crippen LogP) is 1.28. The molecule has 0 fully saturated rings. The van der Waals surface area contributed by atoms with E-state index in [4.69, 9.17) is 15.2 Å². The van der Waals surface area contributed by atoms with Gasteiger partial charge >= 0.3 is 12.2 Å². The van der Waals surface area contributed by atoms with Crippen molar-refractivity contribution >= 4 is 5.82 Å². The number of nitrogens with two attached hydrogens (primary N) is 1. The quantitative estimate of drug-likeness (QED) is 0.703. The maximum atomic E-state index is 12.7. The molecule has 0 radical (unpaired) electrons. The summed E-state index contributed by atoms with van der Waals surface area (Å²) in [5, 5.41) is 2.53. The van der Waals surface area contributed by atoms with Crippen molar-refractivity contribution in [3.8, 4) is 6.01 Å². The lowest BCUT2D eigenvalue weighted by molar-refractivity contribution is -0.137. The molecular formula is C11H17F3N4O2. The smallest absolute Gasteiger partial charge is 0.421 e. The largest absolute Gasteiger partial charge is 0.461 e. The summed E-state index contributed by atoms with van der Waals surface area (Å²) in [6.07, 6.45) is -3.82. The Labute approximate surface area is 114 Å². The molecule has 3 N–H and O–H groups in total. The summed E-state index contributed by atoms with van der Waals surface area (Å²) in [7, 11) is 0. The van der Waals surface area contributed by atoms with E-state index in [0.717, 1.165) is 0 Å². The van der Waals surface area contributed by atoms with Gasteiger partial charge in [-0.2, -0.15) is 18.2 Å². The number of aromatic nitrogens is 2. The minimum atomic E-state index is -4.51. The van der Waals surface area contributed by atoms with Crippen LogP contribution in [0.4, 0.5) is 19.0 Å². The molecule has 0 aliphatic heterocycles. The lowest BCUT2D eigenvalue weighted by Gasteiger charge is -2.13. The van der Waals surface area contributed by atoms with Crippen LogP contribution in [0.5, 0.6) is 6.01 Å². The number of anilines is 1. The molecule has 0 atom stereocenters.